The van der Waals surface area contributed by atoms with E-state index >= 15 is 0 Å². The van der Waals surface area contributed by atoms with Gasteiger partial charge in [0.15, 0.2) is 11.6 Å². The Morgan fingerprint density at radius 3 is 2.24 bits per heavy atom. The first-order valence-electron chi connectivity index (χ1n) is 9.90. The van der Waals surface area contributed by atoms with Crippen LogP contribution >= 0.6 is 0 Å². The smallest absolute Gasteiger partial charge is 0.377 e. The molecular weight excluding hydrogens is 470 g/mol. The molecule has 1 N–H and O–H groups in total. The third kappa shape index (κ3) is 5.18. The van der Waals surface area contributed by atoms with Crippen molar-refractivity contribution < 1.29 is 35.8 Å². The van der Waals surface area contributed by atoms with E-state index < -0.39 is 41.9 Å². The Balaban J connectivity index is 1.57. The number of halogens is 6. The van der Waals surface area contributed by atoms with Gasteiger partial charge in [0.05, 0.1) is 17.2 Å². The van der Waals surface area contributed by atoms with Crippen LogP contribution in [0.1, 0.15) is 47.4 Å². The number of rotatable bonds is 7. The summed E-state index contributed by atoms with van der Waals surface area (Å²) in [6, 6.07) is 2.43. The van der Waals surface area contributed by atoms with Crippen molar-refractivity contribution >= 4 is 0 Å². The Hall–Kier alpha value is -3.10. The fraction of sp³-hybridized carbons (Fsp3) is 0.400. The first-order valence-corrected chi connectivity index (χ1v) is 9.90. The zero-order chi connectivity index (χ0) is 24.7. The Morgan fingerprint density at radius 1 is 1.06 bits per heavy atom. The van der Waals surface area contributed by atoms with Gasteiger partial charge in [-0.15, -0.1) is 5.10 Å². The zero-order valence-corrected chi connectivity index (χ0v) is 17.7. The first-order chi connectivity index (χ1) is 16.0. The second kappa shape index (κ2) is 8.92. The number of benzene rings is 1. The minimum absolute atomic E-state index is 0.0800. The summed E-state index contributed by atoms with van der Waals surface area (Å²) in [5.74, 6) is 0.911. The first kappa shape index (κ1) is 24.0. The van der Waals surface area contributed by atoms with Crippen LogP contribution in [-0.4, -0.2) is 38.1 Å². The van der Waals surface area contributed by atoms with Crippen molar-refractivity contribution in [2.45, 2.75) is 44.3 Å². The number of nitrogens with zero attached hydrogens (tertiary/aromatic N) is 5. The molecule has 1 aliphatic heterocycles. The molecule has 3 aromatic rings. The average Bonchev–Trinajstić information content (AvgIpc) is 3.41. The summed E-state index contributed by atoms with van der Waals surface area (Å²) in [7, 11) is 1.47. The molecule has 0 saturated carbocycles. The summed E-state index contributed by atoms with van der Waals surface area (Å²) in [6.07, 6.45) is -8.71. The van der Waals surface area contributed by atoms with E-state index in [2.05, 4.69) is 25.4 Å². The van der Waals surface area contributed by atoms with Crippen LogP contribution < -0.4 is 5.32 Å². The van der Waals surface area contributed by atoms with Crippen LogP contribution in [0, 0.1) is 0 Å². The number of alkyl halides is 6. The quantitative estimate of drug-likeness (QED) is 0.397. The second-order valence-corrected chi connectivity index (χ2v) is 7.48. The molecule has 0 radical (unpaired) electrons. The minimum Gasteiger partial charge on any atom is -0.377 e. The lowest BCUT2D eigenvalue weighted by Gasteiger charge is -2.14. The van der Waals surface area contributed by atoms with Gasteiger partial charge in [-0.05, 0) is 36.8 Å². The van der Waals surface area contributed by atoms with Crippen LogP contribution in [0.15, 0.2) is 36.7 Å². The van der Waals surface area contributed by atoms with Crippen molar-refractivity contribution in [3.05, 3.63) is 65.0 Å². The van der Waals surface area contributed by atoms with Gasteiger partial charge in [-0.1, -0.05) is 0 Å². The third-order valence-corrected chi connectivity index (χ3v) is 4.92. The van der Waals surface area contributed by atoms with Gasteiger partial charge in [0, 0.05) is 19.5 Å². The standard InChI is InChI=1S/C20H18F6N6O2/c1-10(16-30-14(9-33-2)31-32(16)18-27-4-3-5-28-18)29-17-15(34-17)11-6-12(19(21,22)23)8-13(7-11)20(24,25)26/h3-8,10,15,17,29H,9H2,1-2H3. The average molecular weight is 488 g/mol. The molecule has 0 spiro atoms. The van der Waals surface area contributed by atoms with Crippen molar-refractivity contribution in [2.75, 3.05) is 7.11 Å². The number of methoxy groups -OCH3 is 1. The SMILES string of the molecule is COCc1nc(C(C)NC2OC2c2cc(C(F)(F)F)cc(C(F)(F)F)c2)n(-c2ncccn2)n1. The Labute approximate surface area is 188 Å². The van der Waals surface area contributed by atoms with Gasteiger partial charge in [0.2, 0.25) is 0 Å². The summed E-state index contributed by atoms with van der Waals surface area (Å²) < 4.78 is 90.7. The lowest BCUT2D eigenvalue weighted by atomic mass is 10.0. The third-order valence-electron chi connectivity index (χ3n) is 4.92. The lowest BCUT2D eigenvalue weighted by Crippen LogP contribution is -2.25. The van der Waals surface area contributed by atoms with Crippen molar-refractivity contribution in [1.82, 2.24) is 30.0 Å². The molecule has 14 heteroatoms. The fourth-order valence-corrected chi connectivity index (χ4v) is 3.34. The maximum atomic E-state index is 13.2. The predicted molar refractivity (Wildman–Crippen MR) is 103 cm³/mol. The number of aromatic nitrogens is 5. The number of epoxide rings is 1. The van der Waals surface area contributed by atoms with E-state index in [0.717, 1.165) is 0 Å². The molecule has 1 aliphatic rings. The summed E-state index contributed by atoms with van der Waals surface area (Å²) in [6.45, 7) is 1.79. The molecule has 4 rings (SSSR count). The molecule has 34 heavy (non-hydrogen) atoms. The molecule has 1 aromatic carbocycles. The van der Waals surface area contributed by atoms with Crippen LogP contribution in [-0.2, 0) is 28.4 Å². The van der Waals surface area contributed by atoms with Gasteiger partial charge in [0.1, 0.15) is 18.9 Å². The maximum absolute atomic E-state index is 13.2. The highest BCUT2D eigenvalue weighted by atomic mass is 19.4. The van der Waals surface area contributed by atoms with E-state index in [-0.39, 0.29) is 24.2 Å². The molecule has 3 unspecified atom stereocenters. The van der Waals surface area contributed by atoms with E-state index in [4.69, 9.17) is 9.47 Å². The molecular formula is C20H18F6N6O2. The Morgan fingerprint density at radius 2 is 1.68 bits per heavy atom. The van der Waals surface area contributed by atoms with E-state index in [1.54, 1.807) is 13.0 Å². The van der Waals surface area contributed by atoms with E-state index in [1.807, 2.05) is 0 Å². The second-order valence-electron chi connectivity index (χ2n) is 7.48. The maximum Gasteiger partial charge on any atom is 0.416 e. The number of nitrogens with one attached hydrogen (secondary N) is 1. The molecule has 1 saturated heterocycles. The topological polar surface area (TPSA) is 90.3 Å². The highest BCUT2D eigenvalue weighted by molar-refractivity contribution is 5.36. The Kier molecular flexibility index (Phi) is 6.31. The van der Waals surface area contributed by atoms with Crippen molar-refractivity contribution in [3.8, 4) is 5.95 Å². The highest BCUT2D eigenvalue weighted by Gasteiger charge is 2.45. The molecule has 0 amide bonds. The molecule has 0 bridgehead atoms. The normalized spacial score (nSPS) is 19.3. The molecule has 2 aromatic heterocycles. The van der Waals surface area contributed by atoms with E-state index in [0.29, 0.717) is 23.8 Å². The molecule has 3 heterocycles. The van der Waals surface area contributed by atoms with E-state index in [9.17, 15) is 26.3 Å². The van der Waals surface area contributed by atoms with Gasteiger partial charge in [0.25, 0.3) is 5.95 Å². The van der Waals surface area contributed by atoms with E-state index in [1.165, 1.54) is 24.2 Å². The number of hydrogen-bond acceptors (Lipinski definition) is 7. The summed E-state index contributed by atoms with van der Waals surface area (Å²) in [5.41, 5.74) is -3.03. The van der Waals surface area contributed by atoms with Gasteiger partial charge < -0.3 is 9.47 Å². The zero-order valence-electron chi connectivity index (χ0n) is 17.7. The van der Waals surface area contributed by atoms with Crippen LogP contribution in [0.3, 0.4) is 0 Å². The molecule has 1 fully saturated rings. The molecule has 8 nitrogen and oxygen atoms in total. The molecule has 3 atom stereocenters. The predicted octanol–water partition coefficient (Wildman–Crippen LogP) is 3.99. The lowest BCUT2D eigenvalue weighted by molar-refractivity contribution is -0.143. The van der Waals surface area contributed by atoms with Crippen LogP contribution in [0.2, 0.25) is 0 Å². The fourth-order valence-electron chi connectivity index (χ4n) is 3.34. The number of hydrogen-bond donors (Lipinski definition) is 1. The largest absolute Gasteiger partial charge is 0.416 e. The van der Waals surface area contributed by atoms with Crippen LogP contribution in [0.4, 0.5) is 26.3 Å². The summed E-state index contributed by atoms with van der Waals surface area (Å²) in [5, 5.41) is 7.29. The minimum atomic E-state index is -4.94. The van der Waals surface area contributed by atoms with Crippen LogP contribution in [0.5, 0.6) is 0 Å². The van der Waals surface area contributed by atoms with Gasteiger partial charge in [-0.3, -0.25) is 5.32 Å². The summed E-state index contributed by atoms with van der Waals surface area (Å²) in [4.78, 5) is 12.6. The monoisotopic (exact) mass is 488 g/mol. The highest BCUT2D eigenvalue weighted by Crippen LogP contribution is 2.43. The van der Waals surface area contributed by atoms with Crippen molar-refractivity contribution in [3.63, 3.8) is 0 Å². The number of ether oxygens (including phenoxy) is 2. The van der Waals surface area contributed by atoms with Crippen molar-refractivity contribution in [2.24, 2.45) is 0 Å². The van der Waals surface area contributed by atoms with Crippen LogP contribution in [0.25, 0.3) is 5.95 Å². The Bertz CT molecular complexity index is 1120. The van der Waals surface area contributed by atoms with Gasteiger partial charge in [-0.25, -0.2) is 15.0 Å². The molecule has 0 aliphatic carbocycles. The van der Waals surface area contributed by atoms with Gasteiger partial charge in [-0.2, -0.15) is 31.0 Å². The van der Waals surface area contributed by atoms with Crippen molar-refractivity contribution in [1.29, 1.82) is 0 Å². The van der Waals surface area contributed by atoms with Gasteiger partial charge >= 0.3 is 12.4 Å². The summed E-state index contributed by atoms with van der Waals surface area (Å²) >= 11 is 0. The molecule has 182 valence electrons.